The number of benzene rings is 3. The minimum Gasteiger partial charge on any atom is -0.489 e. The Hall–Kier alpha value is -4.33. The Morgan fingerprint density at radius 3 is 2.38 bits per heavy atom. The van der Waals surface area contributed by atoms with Crippen molar-refractivity contribution in [1.29, 1.82) is 0 Å². The van der Waals surface area contributed by atoms with Crippen molar-refractivity contribution in [3.05, 3.63) is 89.0 Å². The van der Waals surface area contributed by atoms with Crippen LogP contribution in [0.15, 0.2) is 66.7 Å². The molecule has 0 unspecified atom stereocenters. The van der Waals surface area contributed by atoms with Crippen LogP contribution in [0.2, 0.25) is 0 Å². The van der Waals surface area contributed by atoms with Crippen molar-refractivity contribution in [1.82, 2.24) is 0 Å². The number of hydrogen-bond donors (Lipinski definition) is 1. The molecule has 0 heterocycles. The molecule has 1 N–H and O–H groups in total. The zero-order valence-electron chi connectivity index (χ0n) is 21.4. The lowest BCUT2D eigenvalue weighted by Gasteiger charge is -2.20. The van der Waals surface area contributed by atoms with E-state index in [9.17, 15) is 14.4 Å². The molecule has 37 heavy (non-hydrogen) atoms. The molecule has 0 fully saturated rings. The Kier molecular flexibility index (Phi) is 9.27. The smallest absolute Gasteiger partial charge is 0.412 e. The van der Waals surface area contributed by atoms with Crippen LogP contribution in [-0.4, -0.2) is 37.7 Å². The first kappa shape index (κ1) is 27.3. The summed E-state index contributed by atoms with van der Waals surface area (Å²) in [5.41, 5.74) is 2.05. The Balaban J connectivity index is 1.76. The summed E-state index contributed by atoms with van der Waals surface area (Å²) in [5.74, 6) is 0.233. The summed E-state index contributed by atoms with van der Waals surface area (Å²) in [6.07, 6.45) is 0.385. The highest BCUT2D eigenvalue weighted by molar-refractivity contribution is 5.93. The Morgan fingerprint density at radius 2 is 1.70 bits per heavy atom. The van der Waals surface area contributed by atoms with E-state index in [1.807, 2.05) is 30.3 Å². The van der Waals surface area contributed by atoms with Crippen LogP contribution in [0.1, 0.15) is 52.6 Å². The van der Waals surface area contributed by atoms with E-state index in [-0.39, 0.29) is 6.61 Å². The average Bonchev–Trinajstić information content (AvgIpc) is 2.87. The van der Waals surface area contributed by atoms with Gasteiger partial charge in [-0.25, -0.2) is 9.59 Å². The van der Waals surface area contributed by atoms with Crippen molar-refractivity contribution in [3.8, 4) is 11.5 Å². The van der Waals surface area contributed by atoms with Crippen LogP contribution in [-0.2, 0) is 22.5 Å². The minimum atomic E-state index is -0.654. The molecular formula is C29H31NO7. The van der Waals surface area contributed by atoms with Crippen molar-refractivity contribution in [2.45, 2.75) is 39.4 Å². The van der Waals surface area contributed by atoms with Gasteiger partial charge in [0.2, 0.25) is 0 Å². The molecule has 0 bridgehead atoms. The van der Waals surface area contributed by atoms with Crippen molar-refractivity contribution in [3.63, 3.8) is 0 Å². The lowest BCUT2D eigenvalue weighted by atomic mass is 10.0. The monoisotopic (exact) mass is 505 g/mol. The Bertz CT molecular complexity index is 1230. The first-order chi connectivity index (χ1) is 17.7. The van der Waals surface area contributed by atoms with Crippen LogP contribution in [0, 0.1) is 0 Å². The van der Waals surface area contributed by atoms with E-state index in [4.69, 9.17) is 18.9 Å². The number of amides is 1. The predicted molar refractivity (Wildman–Crippen MR) is 139 cm³/mol. The van der Waals surface area contributed by atoms with Gasteiger partial charge >= 0.3 is 12.1 Å². The van der Waals surface area contributed by atoms with Crippen LogP contribution in [0.3, 0.4) is 0 Å². The molecule has 0 aliphatic heterocycles. The van der Waals surface area contributed by atoms with Crippen LogP contribution in [0.25, 0.3) is 0 Å². The number of carbonyl (C=O) groups excluding carboxylic acids is 3. The zero-order valence-corrected chi connectivity index (χ0v) is 21.4. The topological polar surface area (TPSA) is 100 Å². The van der Waals surface area contributed by atoms with E-state index in [0.717, 1.165) is 5.56 Å². The minimum absolute atomic E-state index is 0.131. The molecule has 1 amide bonds. The molecule has 8 nitrogen and oxygen atoms in total. The molecule has 0 radical (unpaired) electrons. The third-order valence-corrected chi connectivity index (χ3v) is 5.15. The number of methoxy groups -OCH3 is 1. The van der Waals surface area contributed by atoms with Gasteiger partial charge in [-0.1, -0.05) is 36.4 Å². The van der Waals surface area contributed by atoms with E-state index in [1.165, 1.54) is 7.11 Å². The van der Waals surface area contributed by atoms with Gasteiger partial charge in [0.15, 0.2) is 17.8 Å². The second-order valence-corrected chi connectivity index (χ2v) is 9.16. The number of esters is 1. The van der Waals surface area contributed by atoms with Gasteiger partial charge < -0.3 is 18.9 Å². The van der Waals surface area contributed by atoms with Gasteiger partial charge in [0, 0.05) is 12.1 Å². The largest absolute Gasteiger partial charge is 0.489 e. The number of anilines is 1. The average molecular weight is 506 g/mol. The van der Waals surface area contributed by atoms with Gasteiger partial charge in [0.25, 0.3) is 0 Å². The fourth-order valence-electron chi connectivity index (χ4n) is 3.50. The van der Waals surface area contributed by atoms with Crippen LogP contribution in [0.4, 0.5) is 10.5 Å². The molecule has 0 aliphatic carbocycles. The SMILES string of the molecule is COC(=O)c1ccc(NC(=O)OC(C)(C)C)cc1CCOc1c(C=O)cccc1OCc1ccccc1. The summed E-state index contributed by atoms with van der Waals surface area (Å²) >= 11 is 0. The van der Waals surface area contributed by atoms with E-state index in [0.29, 0.717) is 53.2 Å². The lowest BCUT2D eigenvalue weighted by molar-refractivity contribution is 0.0597. The number of aldehydes is 1. The van der Waals surface area contributed by atoms with Gasteiger partial charge in [-0.3, -0.25) is 10.1 Å². The molecule has 194 valence electrons. The lowest BCUT2D eigenvalue weighted by Crippen LogP contribution is -2.27. The first-order valence-corrected chi connectivity index (χ1v) is 11.8. The second-order valence-electron chi connectivity index (χ2n) is 9.16. The highest BCUT2D eigenvalue weighted by Crippen LogP contribution is 2.31. The zero-order chi connectivity index (χ0) is 26.8. The normalized spacial score (nSPS) is 10.8. The molecule has 3 rings (SSSR count). The highest BCUT2D eigenvalue weighted by Gasteiger charge is 2.18. The quantitative estimate of drug-likeness (QED) is 0.273. The van der Waals surface area contributed by atoms with Gasteiger partial charge in [-0.15, -0.1) is 0 Å². The predicted octanol–water partition coefficient (Wildman–Crippen LogP) is 5.83. The third-order valence-electron chi connectivity index (χ3n) is 5.15. The van der Waals surface area contributed by atoms with Gasteiger partial charge in [-0.2, -0.15) is 0 Å². The highest BCUT2D eigenvalue weighted by atomic mass is 16.6. The fourth-order valence-corrected chi connectivity index (χ4v) is 3.50. The number of para-hydroxylation sites is 1. The molecular weight excluding hydrogens is 474 g/mol. The van der Waals surface area contributed by atoms with Crippen molar-refractivity contribution in [2.75, 3.05) is 19.0 Å². The number of hydrogen-bond acceptors (Lipinski definition) is 7. The van der Waals surface area contributed by atoms with E-state index in [1.54, 1.807) is 57.2 Å². The number of rotatable bonds is 10. The summed E-state index contributed by atoms with van der Waals surface area (Å²) in [6, 6.07) is 19.6. The maximum absolute atomic E-state index is 12.3. The van der Waals surface area contributed by atoms with Crippen molar-refractivity contribution >= 4 is 24.0 Å². The van der Waals surface area contributed by atoms with Crippen molar-refractivity contribution < 1.29 is 33.3 Å². The number of nitrogens with one attached hydrogen (secondary N) is 1. The fraction of sp³-hybridized carbons (Fsp3) is 0.276. The third kappa shape index (κ3) is 8.10. The van der Waals surface area contributed by atoms with Crippen molar-refractivity contribution in [2.24, 2.45) is 0 Å². The molecule has 3 aromatic rings. The van der Waals surface area contributed by atoms with E-state index >= 15 is 0 Å². The molecule has 0 saturated carbocycles. The van der Waals surface area contributed by atoms with E-state index < -0.39 is 17.7 Å². The first-order valence-electron chi connectivity index (χ1n) is 11.8. The Morgan fingerprint density at radius 1 is 0.946 bits per heavy atom. The van der Waals surface area contributed by atoms with Crippen LogP contribution >= 0.6 is 0 Å². The molecule has 0 aliphatic rings. The maximum Gasteiger partial charge on any atom is 0.412 e. The Labute approximate surface area is 216 Å². The summed E-state index contributed by atoms with van der Waals surface area (Å²) in [6.45, 7) is 5.75. The van der Waals surface area contributed by atoms with Gasteiger partial charge in [0.05, 0.1) is 24.8 Å². The molecule has 0 aromatic heterocycles. The molecule has 0 atom stereocenters. The summed E-state index contributed by atoms with van der Waals surface area (Å²) in [5, 5.41) is 2.67. The van der Waals surface area contributed by atoms with Crippen LogP contribution in [0.5, 0.6) is 11.5 Å². The number of carbonyl (C=O) groups is 3. The summed E-state index contributed by atoms with van der Waals surface area (Å²) in [7, 11) is 1.30. The summed E-state index contributed by atoms with van der Waals surface area (Å²) < 4.78 is 22.1. The van der Waals surface area contributed by atoms with Crippen LogP contribution < -0.4 is 14.8 Å². The second kappa shape index (κ2) is 12.6. The standard InChI is InChI=1S/C29H31NO7/c1-29(2,3)37-28(33)30-23-13-14-24(27(32)34-4)21(17-23)15-16-35-26-22(18-31)11-8-12-25(26)36-19-20-9-6-5-7-10-20/h5-14,17-18H,15-16,19H2,1-4H3,(H,30,33). The number of ether oxygens (including phenoxy) is 4. The molecule has 8 heteroatoms. The maximum atomic E-state index is 12.3. The van der Waals surface area contributed by atoms with Gasteiger partial charge in [-0.05, 0) is 62.2 Å². The summed E-state index contributed by atoms with van der Waals surface area (Å²) in [4.78, 5) is 36.2. The molecule has 0 saturated heterocycles. The van der Waals surface area contributed by atoms with Gasteiger partial charge in [0.1, 0.15) is 12.2 Å². The molecule has 3 aromatic carbocycles. The van der Waals surface area contributed by atoms with E-state index in [2.05, 4.69) is 5.32 Å². The molecule has 0 spiro atoms.